The molecule has 2 fully saturated rings. The largest absolute Gasteiger partial charge is 0.360 e. The molecule has 0 bridgehead atoms. The summed E-state index contributed by atoms with van der Waals surface area (Å²) in [4.78, 5) is 3.88. The van der Waals surface area contributed by atoms with Gasteiger partial charge in [-0.25, -0.2) is 0 Å². The highest BCUT2D eigenvalue weighted by molar-refractivity contribution is 7.80. The van der Waals surface area contributed by atoms with Crippen molar-refractivity contribution in [2.24, 2.45) is 0 Å². The van der Waals surface area contributed by atoms with Gasteiger partial charge in [0.25, 0.3) is 0 Å². The Hall–Kier alpha value is -1.88. The molecule has 4 rings (SSSR count). The Balaban J connectivity index is 1.84. The topological polar surface area (TPSA) is 102 Å². The summed E-state index contributed by atoms with van der Waals surface area (Å²) in [6, 6.07) is 19.6. The molecule has 0 aromatic heterocycles. The zero-order valence-electron chi connectivity index (χ0n) is 31.5. The Bertz CT molecular complexity index is 1330. The minimum atomic E-state index is -3.84. The van der Waals surface area contributed by atoms with Gasteiger partial charge in [0, 0.05) is 25.2 Å². The first-order valence-electron chi connectivity index (χ1n) is 19.2. The number of nitrogens with zero attached hydrogens (tertiary/aromatic N) is 2. The minimum Gasteiger partial charge on any atom is -0.360 e. The van der Waals surface area contributed by atoms with Crippen molar-refractivity contribution in [1.82, 2.24) is 20.4 Å². The summed E-state index contributed by atoms with van der Waals surface area (Å²) < 4.78 is 54.2. The Morgan fingerprint density at radius 2 is 0.904 bits per heavy atom. The van der Waals surface area contributed by atoms with E-state index in [2.05, 4.69) is 10.6 Å². The molecule has 290 valence electrons. The molecule has 0 spiro atoms. The summed E-state index contributed by atoms with van der Waals surface area (Å²) in [5.74, 6) is -1.72. The molecule has 14 heteroatoms. The van der Waals surface area contributed by atoms with Gasteiger partial charge in [-0.3, -0.25) is 9.13 Å². The van der Waals surface area contributed by atoms with Crippen LogP contribution in [0.2, 0.25) is 0 Å². The van der Waals surface area contributed by atoms with Crippen molar-refractivity contribution in [3.8, 4) is 0 Å². The number of benzene rings is 2. The fourth-order valence-corrected chi connectivity index (χ4v) is 12.5. The van der Waals surface area contributed by atoms with E-state index >= 15 is 0 Å². The second-order valence-electron chi connectivity index (χ2n) is 13.3. The number of rotatable bonds is 19. The fourth-order valence-electron chi connectivity index (χ4n) is 7.29. The van der Waals surface area contributed by atoms with Gasteiger partial charge in [0.1, 0.15) is 0 Å². The number of hydrogen-bond acceptors (Lipinski definition) is 8. The maximum absolute atomic E-state index is 15.0. The quantitative estimate of drug-likeness (QED) is 0.105. The van der Waals surface area contributed by atoms with Gasteiger partial charge in [0.2, 0.25) is 0 Å². The summed E-state index contributed by atoms with van der Waals surface area (Å²) >= 11 is 12.5. The van der Waals surface area contributed by atoms with E-state index in [1.54, 1.807) is 0 Å². The van der Waals surface area contributed by atoms with Gasteiger partial charge < -0.3 is 38.5 Å². The van der Waals surface area contributed by atoms with E-state index in [1.165, 1.54) is 12.8 Å². The normalized spacial score (nSPS) is 17.2. The smallest absolute Gasteiger partial charge is 0.357 e. The third-order valence-corrected chi connectivity index (χ3v) is 15.1. The van der Waals surface area contributed by atoms with Gasteiger partial charge in [0.05, 0.1) is 26.4 Å². The number of hydrogen-bond donors (Lipinski definition) is 2. The monoisotopic (exact) mass is 794 g/mol. The lowest BCUT2D eigenvalue weighted by molar-refractivity contribution is 0.175. The molecule has 2 aromatic rings. The fraction of sp³-hybridized carbons (Fsp3) is 0.632. The lowest BCUT2D eigenvalue weighted by Gasteiger charge is -2.42. The Labute approximate surface area is 323 Å². The summed E-state index contributed by atoms with van der Waals surface area (Å²) in [6.45, 7) is 8.54. The van der Waals surface area contributed by atoms with Crippen LogP contribution in [0.1, 0.15) is 115 Å². The van der Waals surface area contributed by atoms with Gasteiger partial charge in [-0.15, -0.1) is 0 Å². The van der Waals surface area contributed by atoms with Gasteiger partial charge in [-0.2, -0.15) is 0 Å². The molecule has 0 saturated heterocycles. The van der Waals surface area contributed by atoms with Crippen molar-refractivity contribution >= 4 is 49.9 Å². The first kappa shape index (κ1) is 42.9. The summed E-state index contributed by atoms with van der Waals surface area (Å²) in [6.07, 6.45) is 10.9. The third-order valence-electron chi connectivity index (χ3n) is 9.59. The van der Waals surface area contributed by atoms with Crippen LogP contribution >= 0.6 is 39.6 Å². The molecule has 10 nitrogen and oxygen atoms in total. The van der Waals surface area contributed by atoms with Crippen molar-refractivity contribution in [1.29, 1.82) is 0 Å². The number of thiocarbonyl (C=S) groups is 2. The molecule has 2 aliphatic carbocycles. The molecule has 2 saturated carbocycles. The van der Waals surface area contributed by atoms with Crippen LogP contribution in [0, 0.1) is 0 Å². The van der Waals surface area contributed by atoms with Crippen molar-refractivity contribution in [2.75, 3.05) is 39.5 Å². The van der Waals surface area contributed by atoms with Crippen LogP contribution in [-0.2, 0) is 27.2 Å². The zero-order valence-corrected chi connectivity index (χ0v) is 34.9. The molecule has 0 aliphatic heterocycles. The van der Waals surface area contributed by atoms with E-state index in [0.29, 0.717) is 10.2 Å². The van der Waals surface area contributed by atoms with Crippen LogP contribution in [0.4, 0.5) is 0 Å². The lowest BCUT2D eigenvalue weighted by Crippen LogP contribution is -2.52. The predicted molar refractivity (Wildman–Crippen MR) is 219 cm³/mol. The molecule has 2 aromatic carbocycles. The van der Waals surface area contributed by atoms with Gasteiger partial charge in [-0.05, 0) is 88.9 Å². The maximum Gasteiger partial charge on any atom is 0.357 e. The van der Waals surface area contributed by atoms with Crippen LogP contribution in [0.3, 0.4) is 0 Å². The Kier molecular flexibility index (Phi) is 18.0. The molecule has 2 unspecified atom stereocenters. The molecular weight excluding hydrogens is 735 g/mol. The Morgan fingerprint density at radius 3 is 1.19 bits per heavy atom. The molecule has 52 heavy (non-hydrogen) atoms. The van der Waals surface area contributed by atoms with E-state index < -0.39 is 26.8 Å². The van der Waals surface area contributed by atoms with E-state index in [0.717, 1.165) is 62.5 Å². The van der Waals surface area contributed by atoms with Gasteiger partial charge in [0.15, 0.2) is 21.8 Å². The van der Waals surface area contributed by atoms with Crippen LogP contribution in [-0.4, -0.2) is 71.6 Å². The van der Waals surface area contributed by atoms with E-state index in [4.69, 9.17) is 42.5 Å². The molecule has 0 amide bonds. The first-order chi connectivity index (χ1) is 25.2. The van der Waals surface area contributed by atoms with E-state index in [-0.39, 0.29) is 51.6 Å². The minimum absolute atomic E-state index is 0.192. The molecule has 0 heterocycles. The summed E-state index contributed by atoms with van der Waals surface area (Å²) in [5.41, 5.74) is 1.51. The second kappa shape index (κ2) is 21.9. The summed E-state index contributed by atoms with van der Waals surface area (Å²) in [5, 5.41) is 8.18. The molecular formula is C38H60N4O6P2S2. The zero-order chi connectivity index (χ0) is 37.4. The highest BCUT2D eigenvalue weighted by Gasteiger charge is 2.46. The molecule has 2 aliphatic rings. The number of nitrogens with one attached hydrogen (secondary N) is 2. The lowest BCUT2D eigenvalue weighted by atomic mass is 9.96. The van der Waals surface area contributed by atoms with Crippen molar-refractivity contribution in [2.45, 2.75) is 116 Å². The molecule has 2 N–H and O–H groups in total. The van der Waals surface area contributed by atoms with E-state index in [9.17, 15) is 9.13 Å². The van der Waals surface area contributed by atoms with E-state index in [1.807, 2.05) is 98.2 Å². The van der Waals surface area contributed by atoms with Gasteiger partial charge in [-0.1, -0.05) is 99.2 Å². The van der Waals surface area contributed by atoms with Crippen LogP contribution < -0.4 is 10.6 Å². The standard InChI is InChI=1S/C38H60N4O6P2S2/c1-5-45-49(43,46-6-2)35(31-21-13-9-14-22-31)41(37(51)39-33-25-17-11-18-26-33)29-30-42(38(52)40-34-27-19-12-20-28-34)36(32-23-15-10-16-24-32)50(44,47-7-3)48-8-4/h9-10,13-16,21-24,33-36H,5-8,11-12,17-20,25-30H2,1-4H3,(H,39,51)(H,40,52). The van der Waals surface area contributed by atoms with Crippen LogP contribution in [0.15, 0.2) is 60.7 Å². The van der Waals surface area contributed by atoms with Crippen molar-refractivity contribution in [3.63, 3.8) is 0 Å². The predicted octanol–water partition coefficient (Wildman–Crippen LogP) is 9.93. The van der Waals surface area contributed by atoms with Crippen molar-refractivity contribution < 1.29 is 27.2 Å². The highest BCUT2D eigenvalue weighted by Crippen LogP contribution is 2.64. The first-order valence-corrected chi connectivity index (χ1v) is 23.2. The van der Waals surface area contributed by atoms with Crippen molar-refractivity contribution in [3.05, 3.63) is 71.8 Å². The molecule has 2 atom stereocenters. The maximum atomic E-state index is 15.0. The SMILES string of the molecule is CCOP(=O)(OCC)C(c1ccccc1)N(CCN(C(=S)NC1CCCCC1)C(c1ccccc1)P(=O)(OCC)OCC)C(=S)NC1CCCCC1. The third kappa shape index (κ3) is 11.8. The summed E-state index contributed by atoms with van der Waals surface area (Å²) in [7, 11) is -7.67. The average Bonchev–Trinajstić information content (AvgIpc) is 3.14. The average molecular weight is 795 g/mol. The van der Waals surface area contributed by atoms with Gasteiger partial charge >= 0.3 is 15.2 Å². The van der Waals surface area contributed by atoms with Crippen LogP contribution in [0.25, 0.3) is 0 Å². The Morgan fingerprint density at radius 1 is 0.596 bits per heavy atom. The van der Waals surface area contributed by atoms with Crippen LogP contribution in [0.5, 0.6) is 0 Å². The molecule has 0 radical (unpaired) electrons. The highest BCUT2D eigenvalue weighted by atomic mass is 32.1. The second-order valence-corrected chi connectivity index (χ2v) is 18.2.